The van der Waals surface area contributed by atoms with E-state index < -0.39 is 0 Å². The Kier molecular flexibility index (Phi) is 5.82. The smallest absolute Gasteiger partial charge is 0.127 e. The molecule has 3 heteroatoms. The molecule has 0 bridgehead atoms. The minimum atomic E-state index is -0.281. The van der Waals surface area contributed by atoms with E-state index in [1.165, 1.54) is 19.3 Å². The van der Waals surface area contributed by atoms with Crippen molar-refractivity contribution in [1.82, 2.24) is 0 Å². The number of phenolic OH excluding ortho intramolecular Hbond substituents is 1. The molecule has 3 rings (SSSR count). The van der Waals surface area contributed by atoms with Crippen LogP contribution < -0.4 is 4.74 Å². The van der Waals surface area contributed by atoms with Crippen molar-refractivity contribution in [3.63, 3.8) is 0 Å². The molecule has 2 N–H and O–H groups in total. The standard InChI is InChI=1S/C24H37O3/c1-6-7-8-9-12-23(2,3)16-13-20(26)22-18-15-17(25)10-11-19(18)24(4,5)27-21(22)14-16/h13-14,17-19,25-26H,1,6-12,15H2,2-5H3/t17-,18-,19-/m1/s1. The first-order valence-electron chi connectivity index (χ1n) is 10.7. The van der Waals surface area contributed by atoms with Crippen molar-refractivity contribution in [2.75, 3.05) is 0 Å². The van der Waals surface area contributed by atoms with Crippen LogP contribution in [0, 0.1) is 12.8 Å². The molecule has 3 atom stereocenters. The maximum atomic E-state index is 10.9. The van der Waals surface area contributed by atoms with E-state index >= 15 is 0 Å². The van der Waals surface area contributed by atoms with E-state index in [1.54, 1.807) is 0 Å². The predicted octanol–water partition coefficient (Wildman–Crippen LogP) is 5.87. The third-order valence-corrected chi connectivity index (χ3v) is 6.91. The van der Waals surface area contributed by atoms with Crippen LogP contribution in [0.3, 0.4) is 0 Å². The molecule has 0 amide bonds. The zero-order valence-electron chi connectivity index (χ0n) is 17.6. The largest absolute Gasteiger partial charge is 0.508 e. The van der Waals surface area contributed by atoms with Gasteiger partial charge < -0.3 is 14.9 Å². The molecular formula is C24H37O3. The normalized spacial score (nSPS) is 26.8. The zero-order valence-corrected chi connectivity index (χ0v) is 17.6. The lowest BCUT2D eigenvalue weighted by atomic mass is 9.65. The molecule has 0 aromatic heterocycles. The van der Waals surface area contributed by atoms with Crippen LogP contribution in [-0.4, -0.2) is 21.9 Å². The van der Waals surface area contributed by atoms with Gasteiger partial charge in [-0.05, 0) is 62.6 Å². The van der Waals surface area contributed by atoms with Gasteiger partial charge in [-0.25, -0.2) is 0 Å². The molecule has 1 aliphatic heterocycles. The van der Waals surface area contributed by atoms with Gasteiger partial charge in [0.1, 0.15) is 17.1 Å². The SMILES string of the molecule is [CH2]CCCCCC(C)(C)c1cc(O)c2c(c1)OC(C)(C)[C@@H]1CC[C@@H](O)C[C@@H]21. The summed E-state index contributed by atoms with van der Waals surface area (Å²) in [6.07, 6.45) is 7.83. The fourth-order valence-electron chi connectivity index (χ4n) is 5.18. The highest BCUT2D eigenvalue weighted by Crippen LogP contribution is 2.55. The molecule has 0 unspecified atom stereocenters. The number of fused-ring (bicyclic) bond motifs is 3. The highest BCUT2D eigenvalue weighted by atomic mass is 16.5. The molecule has 1 heterocycles. The number of hydrogen-bond donors (Lipinski definition) is 2. The van der Waals surface area contributed by atoms with Gasteiger partial charge in [-0.1, -0.05) is 46.5 Å². The molecule has 3 nitrogen and oxygen atoms in total. The van der Waals surface area contributed by atoms with Crippen molar-refractivity contribution in [2.24, 2.45) is 5.92 Å². The van der Waals surface area contributed by atoms with E-state index in [1.807, 2.05) is 6.07 Å². The predicted molar refractivity (Wildman–Crippen MR) is 110 cm³/mol. The number of aliphatic hydroxyl groups is 1. The van der Waals surface area contributed by atoms with Crippen LogP contribution in [0.15, 0.2) is 12.1 Å². The van der Waals surface area contributed by atoms with E-state index in [-0.39, 0.29) is 23.0 Å². The van der Waals surface area contributed by atoms with Gasteiger partial charge >= 0.3 is 0 Å². The summed E-state index contributed by atoms with van der Waals surface area (Å²) < 4.78 is 6.43. The second kappa shape index (κ2) is 7.66. The molecule has 0 saturated heterocycles. The Bertz CT molecular complexity index is 662. The molecule has 1 saturated carbocycles. The van der Waals surface area contributed by atoms with Crippen molar-refractivity contribution in [3.8, 4) is 11.5 Å². The number of phenols is 1. The van der Waals surface area contributed by atoms with Gasteiger partial charge in [0.2, 0.25) is 0 Å². The van der Waals surface area contributed by atoms with Crippen molar-refractivity contribution in [3.05, 3.63) is 30.2 Å². The van der Waals surface area contributed by atoms with Crippen molar-refractivity contribution < 1.29 is 14.9 Å². The summed E-state index contributed by atoms with van der Waals surface area (Å²) >= 11 is 0. The van der Waals surface area contributed by atoms with Crippen LogP contribution in [0.4, 0.5) is 0 Å². The maximum absolute atomic E-state index is 10.9. The average molecular weight is 374 g/mol. The van der Waals surface area contributed by atoms with Crippen LogP contribution in [0.5, 0.6) is 11.5 Å². The number of ether oxygens (including phenoxy) is 1. The Labute approximate surface area is 165 Å². The second-order valence-corrected chi connectivity index (χ2v) is 9.84. The van der Waals surface area contributed by atoms with E-state index in [0.717, 1.165) is 42.6 Å². The molecule has 1 aromatic rings. The fraction of sp³-hybridized carbons (Fsp3) is 0.708. The molecule has 2 aliphatic rings. The number of aliphatic hydroxyl groups excluding tert-OH is 1. The van der Waals surface area contributed by atoms with Crippen LogP contribution in [0.2, 0.25) is 0 Å². The van der Waals surface area contributed by atoms with Crippen LogP contribution >= 0.6 is 0 Å². The minimum absolute atomic E-state index is 0.00981. The summed E-state index contributed by atoms with van der Waals surface area (Å²) in [5.41, 5.74) is 1.76. The average Bonchev–Trinajstić information content (AvgIpc) is 2.57. The Morgan fingerprint density at radius 2 is 1.93 bits per heavy atom. The lowest BCUT2D eigenvalue weighted by Crippen LogP contribution is -2.47. The van der Waals surface area contributed by atoms with Gasteiger partial charge in [0, 0.05) is 17.4 Å². The minimum Gasteiger partial charge on any atom is -0.508 e. The topological polar surface area (TPSA) is 49.7 Å². The van der Waals surface area contributed by atoms with Gasteiger partial charge in [0.25, 0.3) is 0 Å². The Morgan fingerprint density at radius 3 is 2.63 bits per heavy atom. The molecule has 151 valence electrons. The lowest BCUT2D eigenvalue weighted by Gasteiger charge is -2.48. The van der Waals surface area contributed by atoms with Gasteiger partial charge in [-0.3, -0.25) is 0 Å². The summed E-state index contributed by atoms with van der Waals surface area (Å²) in [6, 6.07) is 4.09. The van der Waals surface area contributed by atoms with E-state index in [9.17, 15) is 10.2 Å². The number of benzene rings is 1. The molecule has 1 aliphatic carbocycles. The Hall–Kier alpha value is -1.22. The van der Waals surface area contributed by atoms with Crippen molar-refractivity contribution in [1.29, 1.82) is 0 Å². The van der Waals surface area contributed by atoms with Gasteiger partial charge in [0.15, 0.2) is 0 Å². The zero-order chi connectivity index (χ0) is 19.8. The highest BCUT2D eigenvalue weighted by Gasteiger charge is 2.47. The lowest BCUT2D eigenvalue weighted by molar-refractivity contribution is -0.0318. The van der Waals surface area contributed by atoms with E-state index in [2.05, 4.69) is 40.7 Å². The molecule has 1 fully saturated rings. The first kappa shape index (κ1) is 20.5. The number of hydrogen-bond acceptors (Lipinski definition) is 3. The third-order valence-electron chi connectivity index (χ3n) is 6.91. The summed E-state index contributed by atoms with van der Waals surface area (Å²) in [4.78, 5) is 0. The fourth-order valence-corrected chi connectivity index (χ4v) is 5.18. The maximum Gasteiger partial charge on any atom is 0.127 e. The summed E-state index contributed by atoms with van der Waals surface area (Å²) in [5, 5.41) is 21.2. The monoisotopic (exact) mass is 373 g/mol. The molecule has 1 radical (unpaired) electrons. The van der Waals surface area contributed by atoms with Crippen molar-refractivity contribution >= 4 is 0 Å². The molecule has 1 aromatic carbocycles. The summed E-state index contributed by atoms with van der Waals surface area (Å²) in [6.45, 7) is 12.7. The molecule has 0 spiro atoms. The van der Waals surface area contributed by atoms with Crippen LogP contribution in [0.1, 0.15) is 96.1 Å². The van der Waals surface area contributed by atoms with E-state index in [0.29, 0.717) is 18.1 Å². The third kappa shape index (κ3) is 4.13. The highest BCUT2D eigenvalue weighted by molar-refractivity contribution is 5.53. The van der Waals surface area contributed by atoms with E-state index in [4.69, 9.17) is 4.74 Å². The number of unbranched alkanes of at least 4 members (excludes halogenated alkanes) is 3. The number of rotatable bonds is 6. The Balaban J connectivity index is 1.91. The van der Waals surface area contributed by atoms with Gasteiger partial charge in [-0.15, -0.1) is 0 Å². The molecular weight excluding hydrogens is 336 g/mol. The summed E-state index contributed by atoms with van der Waals surface area (Å²) in [7, 11) is 0. The quantitative estimate of drug-likeness (QED) is 0.613. The number of aromatic hydroxyl groups is 1. The van der Waals surface area contributed by atoms with Crippen molar-refractivity contribution in [2.45, 2.75) is 102 Å². The molecule has 27 heavy (non-hydrogen) atoms. The van der Waals surface area contributed by atoms with Gasteiger partial charge in [0.05, 0.1) is 6.10 Å². The first-order valence-corrected chi connectivity index (χ1v) is 10.7. The van der Waals surface area contributed by atoms with Crippen LogP contribution in [0.25, 0.3) is 0 Å². The van der Waals surface area contributed by atoms with Gasteiger partial charge in [-0.2, -0.15) is 0 Å². The Morgan fingerprint density at radius 1 is 1.19 bits per heavy atom. The second-order valence-electron chi connectivity index (χ2n) is 9.84. The van der Waals surface area contributed by atoms with Crippen LogP contribution in [-0.2, 0) is 5.41 Å². The first-order chi connectivity index (χ1) is 12.7. The summed E-state index contributed by atoms with van der Waals surface area (Å²) in [5.74, 6) is 1.66.